The van der Waals surface area contributed by atoms with Crippen LogP contribution >= 0.6 is 0 Å². The largest absolute Gasteiger partial charge is 0.480 e. The number of carbonyl (C=O) groups is 2. The van der Waals surface area contributed by atoms with Gasteiger partial charge in [0, 0.05) is 51.5 Å². The highest BCUT2D eigenvalue weighted by Crippen LogP contribution is 2.29. The van der Waals surface area contributed by atoms with E-state index in [-0.39, 0.29) is 42.4 Å². The topological polar surface area (TPSA) is 143 Å². The Morgan fingerprint density at radius 2 is 1.95 bits per heavy atom. The molecule has 1 atom stereocenters. The summed E-state index contributed by atoms with van der Waals surface area (Å²) in [7, 11) is 0. The molecule has 2 aliphatic heterocycles. The third-order valence-electron chi connectivity index (χ3n) is 6.91. The number of nitrogens with one attached hydrogen (secondary N) is 1. The van der Waals surface area contributed by atoms with E-state index in [4.69, 9.17) is 10.4 Å². The van der Waals surface area contributed by atoms with Gasteiger partial charge in [0.25, 0.3) is 0 Å². The molecule has 3 aromatic rings. The molecule has 0 bridgehead atoms. The number of nitrogens with zero attached hydrogens (tertiary/aromatic N) is 8. The number of carboxylic acid groups (broad SMARTS) is 1. The zero-order chi connectivity index (χ0) is 27.5. The highest BCUT2D eigenvalue weighted by molar-refractivity contribution is 5.78. The molecule has 2 aliphatic rings. The molecule has 5 heterocycles. The van der Waals surface area contributed by atoms with Crippen molar-refractivity contribution in [2.45, 2.75) is 25.3 Å². The Morgan fingerprint density at radius 1 is 1.15 bits per heavy atom. The lowest BCUT2D eigenvalue weighted by atomic mass is 10.1. The van der Waals surface area contributed by atoms with E-state index in [9.17, 15) is 14.0 Å². The second-order valence-electron chi connectivity index (χ2n) is 9.57. The van der Waals surface area contributed by atoms with Gasteiger partial charge in [-0.05, 0) is 25.0 Å². The Labute approximate surface area is 222 Å². The quantitative estimate of drug-likeness (QED) is 0.454. The maximum atomic E-state index is 16.0. The van der Waals surface area contributed by atoms with Crippen LogP contribution in [-0.4, -0.2) is 98.0 Å². The number of anilines is 2. The van der Waals surface area contributed by atoms with Crippen molar-refractivity contribution >= 4 is 29.2 Å². The molecule has 2 saturated heterocycles. The molecule has 0 aliphatic carbocycles. The van der Waals surface area contributed by atoms with E-state index < -0.39 is 17.6 Å². The maximum absolute atomic E-state index is 16.0. The first-order valence-corrected chi connectivity index (χ1v) is 12.6. The number of piperidine rings is 1. The van der Waals surface area contributed by atoms with Crippen molar-refractivity contribution in [3.8, 4) is 17.6 Å². The van der Waals surface area contributed by atoms with Crippen LogP contribution in [0.5, 0.6) is 0 Å². The number of hydrogen-bond acceptors (Lipinski definition) is 9. The maximum Gasteiger partial charge on any atom is 0.317 e. The zero-order valence-electron chi connectivity index (χ0n) is 21.1. The minimum atomic E-state index is -0.931. The standard InChI is InChI=1S/C25H27F2N9O3/c26-16-3-4-19-29-12-18(36(19)13-16)23-31-24(30-17-2-1-7-35(14-17)20(37)5-6-28)22(27)25(32-23)34-10-8-33(9-11-34)15-21(38)39/h3-4,12-13,17H,1-2,5,7-11,14-15H2,(H,38,39)(H,30,31,32). The fourth-order valence-electron chi connectivity index (χ4n) is 4.98. The molecule has 0 radical (unpaired) electrons. The Balaban J connectivity index is 1.48. The second kappa shape index (κ2) is 11.2. The van der Waals surface area contributed by atoms with Crippen LogP contribution in [0.2, 0.25) is 0 Å². The van der Waals surface area contributed by atoms with Gasteiger partial charge in [-0.3, -0.25) is 18.9 Å². The molecule has 2 fully saturated rings. The van der Waals surface area contributed by atoms with Gasteiger partial charge in [-0.25, -0.2) is 19.3 Å². The van der Waals surface area contributed by atoms with Crippen LogP contribution in [0.3, 0.4) is 0 Å². The number of carbonyl (C=O) groups excluding carboxylic acids is 1. The lowest BCUT2D eigenvalue weighted by Crippen LogP contribution is -2.48. The van der Waals surface area contributed by atoms with Crippen molar-refractivity contribution in [3.05, 3.63) is 36.2 Å². The van der Waals surface area contributed by atoms with E-state index in [1.807, 2.05) is 6.07 Å². The molecule has 39 heavy (non-hydrogen) atoms. The number of imidazole rings is 1. The lowest BCUT2D eigenvalue weighted by molar-refractivity contribution is -0.138. The number of likely N-dealkylation sites (tertiary alicyclic amines) is 1. The number of carboxylic acids is 1. The predicted molar refractivity (Wildman–Crippen MR) is 136 cm³/mol. The monoisotopic (exact) mass is 539 g/mol. The van der Waals surface area contributed by atoms with Crippen molar-refractivity contribution in [1.29, 1.82) is 5.26 Å². The Morgan fingerprint density at radius 3 is 2.69 bits per heavy atom. The van der Waals surface area contributed by atoms with Gasteiger partial charge in [0.1, 0.15) is 23.6 Å². The van der Waals surface area contributed by atoms with Gasteiger partial charge >= 0.3 is 5.97 Å². The van der Waals surface area contributed by atoms with E-state index in [1.54, 1.807) is 14.7 Å². The molecule has 3 aromatic heterocycles. The van der Waals surface area contributed by atoms with Crippen LogP contribution in [0.1, 0.15) is 19.3 Å². The normalized spacial score (nSPS) is 18.2. The van der Waals surface area contributed by atoms with Crippen LogP contribution in [-0.2, 0) is 9.59 Å². The lowest BCUT2D eigenvalue weighted by Gasteiger charge is -2.35. The van der Waals surface area contributed by atoms with Crippen molar-refractivity contribution < 1.29 is 23.5 Å². The summed E-state index contributed by atoms with van der Waals surface area (Å²) >= 11 is 0. The van der Waals surface area contributed by atoms with Crippen LogP contribution in [0.25, 0.3) is 17.2 Å². The molecule has 204 valence electrons. The molecule has 5 rings (SSSR count). The van der Waals surface area contributed by atoms with Crippen molar-refractivity contribution in [2.75, 3.05) is 56.0 Å². The summed E-state index contributed by atoms with van der Waals surface area (Å²) < 4.78 is 31.5. The summed E-state index contributed by atoms with van der Waals surface area (Å²) in [5.74, 6) is -2.26. The number of fused-ring (bicyclic) bond motifs is 1. The number of amides is 1. The molecular weight excluding hydrogens is 512 g/mol. The Hall–Kier alpha value is -4.38. The zero-order valence-corrected chi connectivity index (χ0v) is 21.1. The van der Waals surface area contributed by atoms with Gasteiger partial charge in [0.2, 0.25) is 11.7 Å². The third kappa shape index (κ3) is 5.73. The average Bonchev–Trinajstić information content (AvgIpc) is 3.33. The number of hydrogen-bond donors (Lipinski definition) is 2. The molecule has 12 nitrogen and oxygen atoms in total. The van der Waals surface area contributed by atoms with Gasteiger partial charge in [0.05, 0.1) is 18.8 Å². The third-order valence-corrected chi connectivity index (χ3v) is 6.91. The van der Waals surface area contributed by atoms with Crippen LogP contribution in [0.15, 0.2) is 24.5 Å². The molecule has 2 N–H and O–H groups in total. The summed E-state index contributed by atoms with van der Waals surface area (Å²) in [4.78, 5) is 41.7. The fourth-order valence-corrected chi connectivity index (χ4v) is 4.98. The SMILES string of the molecule is N#CCC(=O)N1CCCC(Nc2nc(-c3cnc4ccc(F)cn34)nc(N3CCN(CC(=O)O)CC3)c2F)C1. The first-order valence-electron chi connectivity index (χ1n) is 12.6. The number of halogens is 2. The van der Waals surface area contributed by atoms with Crippen molar-refractivity contribution in [2.24, 2.45) is 0 Å². The number of nitriles is 1. The summed E-state index contributed by atoms with van der Waals surface area (Å²) in [5, 5.41) is 21.1. The molecular formula is C25H27F2N9O3. The summed E-state index contributed by atoms with van der Waals surface area (Å²) in [6.45, 7) is 2.23. The number of aliphatic carboxylic acids is 1. The Bertz CT molecular complexity index is 1430. The van der Waals surface area contributed by atoms with E-state index >= 15 is 4.39 Å². The van der Waals surface area contributed by atoms with Gasteiger partial charge < -0.3 is 20.2 Å². The molecule has 0 spiro atoms. The average molecular weight is 540 g/mol. The van der Waals surface area contributed by atoms with Gasteiger partial charge in [0.15, 0.2) is 17.5 Å². The minimum Gasteiger partial charge on any atom is -0.480 e. The fraction of sp³-hybridized carbons (Fsp3) is 0.440. The van der Waals surface area contributed by atoms with Gasteiger partial charge in [-0.1, -0.05) is 0 Å². The van der Waals surface area contributed by atoms with Gasteiger partial charge in [-0.15, -0.1) is 0 Å². The number of pyridine rings is 1. The molecule has 0 aromatic carbocycles. The van der Waals surface area contributed by atoms with E-state index in [0.29, 0.717) is 63.5 Å². The first kappa shape index (κ1) is 26.2. The minimum absolute atomic E-state index is 0.0389. The highest BCUT2D eigenvalue weighted by Gasteiger charge is 2.29. The van der Waals surface area contributed by atoms with Crippen LogP contribution < -0.4 is 10.2 Å². The molecule has 1 amide bonds. The Kier molecular flexibility index (Phi) is 7.51. The van der Waals surface area contributed by atoms with E-state index in [0.717, 1.165) is 0 Å². The predicted octanol–water partition coefficient (Wildman–Crippen LogP) is 1.59. The molecule has 14 heteroatoms. The first-order chi connectivity index (χ1) is 18.8. The summed E-state index contributed by atoms with van der Waals surface area (Å²) in [6, 6.07) is 4.36. The van der Waals surface area contributed by atoms with Crippen molar-refractivity contribution in [1.82, 2.24) is 29.2 Å². The second-order valence-corrected chi connectivity index (χ2v) is 9.57. The molecule has 0 saturated carbocycles. The number of aromatic nitrogens is 4. The van der Waals surface area contributed by atoms with E-state index in [2.05, 4.69) is 20.3 Å². The summed E-state index contributed by atoms with van der Waals surface area (Å²) in [6.07, 6.45) is 3.87. The van der Waals surface area contributed by atoms with Crippen LogP contribution in [0.4, 0.5) is 20.4 Å². The molecule has 1 unspecified atom stereocenters. The van der Waals surface area contributed by atoms with Gasteiger partial charge in [-0.2, -0.15) is 9.65 Å². The number of piperazine rings is 1. The highest BCUT2D eigenvalue weighted by atomic mass is 19.1. The van der Waals surface area contributed by atoms with Crippen LogP contribution in [0, 0.1) is 23.0 Å². The smallest absolute Gasteiger partial charge is 0.317 e. The number of rotatable bonds is 7. The van der Waals surface area contributed by atoms with Crippen molar-refractivity contribution in [3.63, 3.8) is 0 Å². The van der Waals surface area contributed by atoms with E-state index in [1.165, 1.54) is 28.9 Å². The summed E-state index contributed by atoms with van der Waals surface area (Å²) in [5.41, 5.74) is 0.837.